The number of carbonyl (C=O) groups excluding carboxylic acids is 1. The summed E-state index contributed by atoms with van der Waals surface area (Å²) in [6.07, 6.45) is 4.20. The van der Waals surface area contributed by atoms with Crippen molar-refractivity contribution < 1.29 is 14.6 Å². The zero-order valence-corrected chi connectivity index (χ0v) is 14.4. The Labute approximate surface area is 152 Å². The van der Waals surface area contributed by atoms with Crippen molar-refractivity contribution in [3.63, 3.8) is 0 Å². The van der Waals surface area contributed by atoms with Crippen LogP contribution in [-0.4, -0.2) is 22.9 Å². The number of para-hydroxylation sites is 1. The third-order valence-corrected chi connectivity index (χ3v) is 4.53. The number of aliphatic hydroxyl groups is 1. The van der Waals surface area contributed by atoms with E-state index in [2.05, 4.69) is 5.32 Å². The van der Waals surface area contributed by atoms with Crippen molar-refractivity contribution in [1.29, 1.82) is 0 Å². The molecule has 5 heteroatoms. The van der Waals surface area contributed by atoms with Gasteiger partial charge in [0.15, 0.2) is 0 Å². The summed E-state index contributed by atoms with van der Waals surface area (Å²) in [5, 5.41) is 13.8. The monoisotopic (exact) mass is 357 g/mol. The smallest absolute Gasteiger partial charge is 0.412 e. The number of rotatable bonds is 4. The molecule has 3 rings (SSSR count). The maximum absolute atomic E-state index is 12.0. The SMILES string of the molecule is O=C(Nc1ccccc1Cl)OC1C=CC(O)(Cc2ccccc2)CC1. The maximum Gasteiger partial charge on any atom is 0.412 e. The normalized spacial score (nSPS) is 22.4. The molecule has 0 aromatic heterocycles. The molecular weight excluding hydrogens is 338 g/mol. The van der Waals surface area contributed by atoms with Crippen LogP contribution >= 0.6 is 11.6 Å². The van der Waals surface area contributed by atoms with Gasteiger partial charge in [0.2, 0.25) is 0 Å². The number of nitrogens with one attached hydrogen (secondary N) is 1. The highest BCUT2D eigenvalue weighted by Crippen LogP contribution is 2.28. The molecule has 2 aromatic carbocycles. The van der Waals surface area contributed by atoms with Gasteiger partial charge in [0, 0.05) is 6.42 Å². The highest BCUT2D eigenvalue weighted by Gasteiger charge is 2.30. The lowest BCUT2D eigenvalue weighted by molar-refractivity contribution is 0.0476. The summed E-state index contributed by atoms with van der Waals surface area (Å²) in [4.78, 5) is 12.0. The van der Waals surface area contributed by atoms with Gasteiger partial charge in [-0.15, -0.1) is 0 Å². The first-order chi connectivity index (χ1) is 12.0. The molecule has 25 heavy (non-hydrogen) atoms. The Morgan fingerprint density at radius 1 is 1.20 bits per heavy atom. The zero-order valence-electron chi connectivity index (χ0n) is 13.7. The van der Waals surface area contributed by atoms with Crippen molar-refractivity contribution in [1.82, 2.24) is 0 Å². The van der Waals surface area contributed by atoms with Crippen molar-refractivity contribution in [2.75, 3.05) is 5.32 Å². The third kappa shape index (κ3) is 4.84. The molecule has 1 aliphatic rings. The Kier molecular flexibility index (Phi) is 5.41. The second-order valence-electron chi connectivity index (χ2n) is 6.21. The van der Waals surface area contributed by atoms with Crippen molar-refractivity contribution >= 4 is 23.4 Å². The molecule has 0 radical (unpaired) electrons. The predicted octanol–water partition coefficient (Wildman–Crippen LogP) is 4.58. The minimum Gasteiger partial charge on any atom is -0.442 e. The van der Waals surface area contributed by atoms with Crippen LogP contribution in [0.2, 0.25) is 5.02 Å². The minimum atomic E-state index is -0.902. The van der Waals surface area contributed by atoms with Crippen LogP contribution in [0.1, 0.15) is 18.4 Å². The quantitative estimate of drug-likeness (QED) is 0.787. The summed E-state index contributed by atoms with van der Waals surface area (Å²) in [5.74, 6) is 0. The van der Waals surface area contributed by atoms with E-state index in [0.29, 0.717) is 30.0 Å². The molecule has 2 N–H and O–H groups in total. The molecule has 1 amide bonds. The number of hydrogen-bond donors (Lipinski definition) is 2. The highest BCUT2D eigenvalue weighted by molar-refractivity contribution is 6.33. The first-order valence-electron chi connectivity index (χ1n) is 8.22. The molecule has 2 atom stereocenters. The van der Waals surface area contributed by atoms with Gasteiger partial charge in [-0.25, -0.2) is 4.79 Å². The van der Waals surface area contributed by atoms with Crippen LogP contribution < -0.4 is 5.32 Å². The summed E-state index contributed by atoms with van der Waals surface area (Å²) in [5.41, 5.74) is 0.681. The van der Waals surface area contributed by atoms with E-state index in [-0.39, 0.29) is 6.10 Å². The Morgan fingerprint density at radius 2 is 1.92 bits per heavy atom. The largest absolute Gasteiger partial charge is 0.442 e. The molecule has 2 unspecified atom stereocenters. The molecule has 2 aromatic rings. The topological polar surface area (TPSA) is 58.6 Å². The average molecular weight is 358 g/mol. The van der Waals surface area contributed by atoms with Gasteiger partial charge < -0.3 is 9.84 Å². The number of benzene rings is 2. The van der Waals surface area contributed by atoms with E-state index < -0.39 is 11.7 Å². The molecule has 0 spiro atoms. The summed E-state index contributed by atoms with van der Waals surface area (Å²) in [6, 6.07) is 16.8. The molecule has 130 valence electrons. The van der Waals surface area contributed by atoms with Crippen molar-refractivity contribution in [2.24, 2.45) is 0 Å². The van der Waals surface area contributed by atoms with Gasteiger partial charge in [-0.2, -0.15) is 0 Å². The molecule has 0 aliphatic heterocycles. The molecule has 0 bridgehead atoms. The van der Waals surface area contributed by atoms with E-state index in [1.165, 1.54) is 0 Å². The molecule has 0 saturated heterocycles. The second-order valence-corrected chi connectivity index (χ2v) is 6.62. The van der Waals surface area contributed by atoms with E-state index >= 15 is 0 Å². The van der Waals surface area contributed by atoms with Gasteiger partial charge in [-0.3, -0.25) is 5.32 Å². The lowest BCUT2D eigenvalue weighted by atomic mass is 9.84. The molecule has 0 heterocycles. The summed E-state index contributed by atoms with van der Waals surface area (Å²) >= 11 is 6.01. The number of hydrogen-bond acceptors (Lipinski definition) is 3. The van der Waals surface area contributed by atoms with Gasteiger partial charge in [-0.1, -0.05) is 60.1 Å². The van der Waals surface area contributed by atoms with E-state index in [4.69, 9.17) is 16.3 Å². The fourth-order valence-corrected chi connectivity index (χ4v) is 3.08. The van der Waals surface area contributed by atoms with Gasteiger partial charge >= 0.3 is 6.09 Å². The first-order valence-corrected chi connectivity index (χ1v) is 8.60. The highest BCUT2D eigenvalue weighted by atomic mass is 35.5. The first kappa shape index (κ1) is 17.5. The Balaban J connectivity index is 1.55. The maximum atomic E-state index is 12.0. The molecule has 4 nitrogen and oxygen atoms in total. The Bertz CT molecular complexity index is 763. The lowest BCUT2D eigenvalue weighted by Crippen LogP contribution is -2.35. The fourth-order valence-electron chi connectivity index (χ4n) is 2.89. The van der Waals surface area contributed by atoms with E-state index in [9.17, 15) is 9.90 Å². The Morgan fingerprint density at radius 3 is 2.60 bits per heavy atom. The van der Waals surface area contributed by atoms with Crippen molar-refractivity contribution in [2.45, 2.75) is 31.0 Å². The fraction of sp³-hybridized carbons (Fsp3) is 0.250. The number of ether oxygens (including phenoxy) is 1. The summed E-state index contributed by atoms with van der Waals surface area (Å²) in [7, 11) is 0. The van der Waals surface area contributed by atoms with Gasteiger partial charge in [0.25, 0.3) is 0 Å². The van der Waals surface area contributed by atoms with Crippen LogP contribution in [0, 0.1) is 0 Å². The molecule has 0 fully saturated rings. The van der Waals surface area contributed by atoms with Gasteiger partial charge in [-0.05, 0) is 36.6 Å². The number of carbonyl (C=O) groups is 1. The van der Waals surface area contributed by atoms with Crippen molar-refractivity contribution in [3.8, 4) is 0 Å². The van der Waals surface area contributed by atoms with Crippen LogP contribution in [0.15, 0.2) is 66.7 Å². The molecular formula is C20H20ClNO3. The molecule has 1 aliphatic carbocycles. The number of anilines is 1. The summed E-state index contributed by atoms with van der Waals surface area (Å²) in [6.45, 7) is 0. The van der Waals surface area contributed by atoms with E-state index in [0.717, 1.165) is 5.56 Å². The van der Waals surface area contributed by atoms with Gasteiger partial charge in [0.1, 0.15) is 6.10 Å². The van der Waals surface area contributed by atoms with Crippen molar-refractivity contribution in [3.05, 3.63) is 77.3 Å². The summed E-state index contributed by atoms with van der Waals surface area (Å²) < 4.78 is 5.39. The second kappa shape index (κ2) is 7.72. The van der Waals surface area contributed by atoms with E-state index in [1.807, 2.05) is 30.3 Å². The Hall–Kier alpha value is -2.30. The zero-order chi connectivity index (χ0) is 17.7. The van der Waals surface area contributed by atoms with E-state index in [1.54, 1.807) is 36.4 Å². The average Bonchev–Trinajstić information content (AvgIpc) is 2.60. The number of amides is 1. The number of halogens is 1. The van der Waals surface area contributed by atoms with Crippen LogP contribution in [0.25, 0.3) is 0 Å². The van der Waals surface area contributed by atoms with Gasteiger partial charge in [0.05, 0.1) is 16.3 Å². The minimum absolute atomic E-state index is 0.362. The van der Waals surface area contributed by atoms with Crippen LogP contribution in [0.3, 0.4) is 0 Å². The van der Waals surface area contributed by atoms with Crippen LogP contribution in [0.5, 0.6) is 0 Å². The lowest BCUT2D eigenvalue weighted by Gasteiger charge is -2.31. The predicted molar refractivity (Wildman–Crippen MR) is 98.8 cm³/mol. The van der Waals surface area contributed by atoms with Crippen LogP contribution in [0.4, 0.5) is 10.5 Å². The van der Waals surface area contributed by atoms with Crippen LogP contribution in [-0.2, 0) is 11.2 Å². The molecule has 0 saturated carbocycles. The standard InChI is InChI=1S/C20H20ClNO3/c21-17-8-4-5-9-18(17)22-19(23)25-16-10-12-20(24,13-11-16)14-15-6-2-1-3-7-15/h1-10,12,16,24H,11,13-14H2,(H,22,23). The third-order valence-electron chi connectivity index (χ3n) is 4.20.